The van der Waals surface area contributed by atoms with Gasteiger partial charge in [0.1, 0.15) is 11.4 Å². The van der Waals surface area contributed by atoms with Gasteiger partial charge in [-0.1, -0.05) is 0 Å². The summed E-state index contributed by atoms with van der Waals surface area (Å²) in [7, 11) is 0. The molecular weight excluding hydrogens is 282 g/mol. The largest absolute Gasteiger partial charge is 0.462 e. The summed E-state index contributed by atoms with van der Waals surface area (Å²) in [6, 6.07) is 3.60. The lowest BCUT2D eigenvalue weighted by Crippen LogP contribution is -2.32. The molecule has 1 saturated heterocycles. The molecule has 6 nitrogen and oxygen atoms in total. The van der Waals surface area contributed by atoms with Gasteiger partial charge in [-0.15, -0.1) is 0 Å². The second-order valence-electron chi connectivity index (χ2n) is 5.18. The van der Waals surface area contributed by atoms with E-state index < -0.39 is 0 Å². The number of furan rings is 1. The Morgan fingerprint density at radius 2 is 2.18 bits per heavy atom. The highest BCUT2D eigenvalue weighted by atomic mass is 16.5. The minimum absolute atomic E-state index is 0.332. The fourth-order valence-electron chi connectivity index (χ4n) is 2.60. The van der Waals surface area contributed by atoms with Crippen molar-refractivity contribution in [1.29, 1.82) is 0 Å². The maximum atomic E-state index is 12.2. The summed E-state index contributed by atoms with van der Waals surface area (Å²) in [5.41, 5.74) is 0.416. The van der Waals surface area contributed by atoms with Crippen LogP contribution >= 0.6 is 0 Å². The highest BCUT2D eigenvalue weighted by molar-refractivity contribution is 5.94. The van der Waals surface area contributed by atoms with Gasteiger partial charge >= 0.3 is 5.97 Å². The van der Waals surface area contributed by atoms with E-state index in [1.165, 1.54) is 12.6 Å². The van der Waals surface area contributed by atoms with E-state index in [2.05, 4.69) is 14.9 Å². The Morgan fingerprint density at radius 1 is 1.36 bits per heavy atom. The highest BCUT2D eigenvalue weighted by Crippen LogP contribution is 2.25. The van der Waals surface area contributed by atoms with Crippen LogP contribution in [0.5, 0.6) is 0 Å². The molecule has 0 N–H and O–H groups in total. The van der Waals surface area contributed by atoms with Crippen molar-refractivity contribution in [2.24, 2.45) is 0 Å². The fraction of sp³-hybridized carbons (Fsp3) is 0.438. The van der Waals surface area contributed by atoms with E-state index in [4.69, 9.17) is 9.15 Å². The smallest absolute Gasteiger partial charge is 0.343 e. The molecule has 1 aliphatic rings. The first-order valence-corrected chi connectivity index (χ1v) is 7.62. The molecule has 1 fully saturated rings. The Hall–Kier alpha value is -2.37. The number of rotatable bonds is 4. The Morgan fingerprint density at radius 3 is 2.86 bits per heavy atom. The number of hydrogen-bond donors (Lipinski definition) is 0. The Balaban J connectivity index is 2.00. The van der Waals surface area contributed by atoms with E-state index in [9.17, 15) is 4.79 Å². The van der Waals surface area contributed by atoms with Crippen LogP contribution in [0.3, 0.4) is 0 Å². The summed E-state index contributed by atoms with van der Waals surface area (Å²) in [4.78, 5) is 23.1. The lowest BCUT2D eigenvalue weighted by atomic mass is 10.1. The van der Waals surface area contributed by atoms with Crippen molar-refractivity contribution in [3.8, 4) is 11.6 Å². The van der Waals surface area contributed by atoms with Gasteiger partial charge in [0.25, 0.3) is 0 Å². The number of carbonyl (C=O) groups excluding carboxylic acids is 1. The Kier molecular flexibility index (Phi) is 4.37. The Bertz CT molecular complexity index is 634. The van der Waals surface area contributed by atoms with E-state index >= 15 is 0 Å². The summed E-state index contributed by atoms with van der Waals surface area (Å²) in [5.74, 6) is 1.33. The molecule has 0 saturated carbocycles. The summed E-state index contributed by atoms with van der Waals surface area (Å²) in [5, 5.41) is 0. The fourth-order valence-corrected chi connectivity index (χ4v) is 2.60. The number of esters is 1. The quantitative estimate of drug-likeness (QED) is 0.809. The maximum absolute atomic E-state index is 12.2. The molecule has 0 bridgehead atoms. The van der Waals surface area contributed by atoms with Gasteiger partial charge in [-0.05, 0) is 38.3 Å². The third kappa shape index (κ3) is 2.95. The number of piperidine rings is 1. The van der Waals surface area contributed by atoms with Crippen LogP contribution in [0, 0.1) is 0 Å². The van der Waals surface area contributed by atoms with E-state index in [-0.39, 0.29) is 5.97 Å². The van der Waals surface area contributed by atoms with Crippen molar-refractivity contribution in [3.05, 3.63) is 30.2 Å². The lowest BCUT2D eigenvalue weighted by molar-refractivity contribution is 0.0526. The lowest BCUT2D eigenvalue weighted by Gasteiger charge is -2.29. The van der Waals surface area contributed by atoms with Crippen molar-refractivity contribution < 1.29 is 13.9 Å². The normalized spacial score (nSPS) is 14.9. The van der Waals surface area contributed by atoms with Crippen LogP contribution in [0.2, 0.25) is 0 Å². The van der Waals surface area contributed by atoms with Crippen LogP contribution in [-0.2, 0) is 4.74 Å². The van der Waals surface area contributed by atoms with Crippen molar-refractivity contribution in [2.75, 3.05) is 24.6 Å². The molecule has 0 radical (unpaired) electrons. The van der Waals surface area contributed by atoms with Gasteiger partial charge in [0, 0.05) is 19.3 Å². The predicted molar refractivity (Wildman–Crippen MR) is 81.8 cm³/mol. The Labute approximate surface area is 129 Å². The summed E-state index contributed by atoms with van der Waals surface area (Å²) >= 11 is 0. The molecule has 0 aliphatic carbocycles. The molecule has 22 heavy (non-hydrogen) atoms. The van der Waals surface area contributed by atoms with E-state index in [1.807, 2.05) is 0 Å². The highest BCUT2D eigenvalue weighted by Gasteiger charge is 2.23. The molecule has 6 heteroatoms. The number of aromatic nitrogens is 2. The SMILES string of the molecule is CCOC(=O)c1cnc(-c2ccco2)nc1N1CCCCC1. The van der Waals surface area contributed by atoms with Crippen LogP contribution in [0.1, 0.15) is 36.5 Å². The zero-order chi connectivity index (χ0) is 15.4. The molecular formula is C16H19N3O3. The molecule has 0 spiro atoms. The average Bonchev–Trinajstić information content (AvgIpc) is 3.10. The maximum Gasteiger partial charge on any atom is 0.343 e. The number of ether oxygens (including phenoxy) is 1. The molecule has 116 valence electrons. The summed E-state index contributed by atoms with van der Waals surface area (Å²) in [6.07, 6.45) is 6.53. The number of carbonyl (C=O) groups is 1. The van der Waals surface area contributed by atoms with Crippen LogP contribution < -0.4 is 4.90 Å². The van der Waals surface area contributed by atoms with Crippen LogP contribution in [0.25, 0.3) is 11.6 Å². The van der Waals surface area contributed by atoms with Crippen molar-refractivity contribution in [2.45, 2.75) is 26.2 Å². The molecule has 3 heterocycles. The summed E-state index contributed by atoms with van der Waals surface area (Å²) in [6.45, 7) is 3.90. The molecule has 2 aromatic heterocycles. The third-order valence-corrected chi connectivity index (χ3v) is 3.66. The minimum atomic E-state index is -0.380. The van der Waals surface area contributed by atoms with E-state index in [0.29, 0.717) is 29.6 Å². The van der Waals surface area contributed by atoms with Gasteiger partial charge in [0.15, 0.2) is 11.6 Å². The van der Waals surface area contributed by atoms with Gasteiger partial charge in [-0.3, -0.25) is 0 Å². The molecule has 0 atom stereocenters. The van der Waals surface area contributed by atoms with Crippen molar-refractivity contribution in [1.82, 2.24) is 9.97 Å². The third-order valence-electron chi connectivity index (χ3n) is 3.66. The van der Waals surface area contributed by atoms with Gasteiger partial charge in [-0.2, -0.15) is 0 Å². The molecule has 0 aromatic carbocycles. The molecule has 0 unspecified atom stereocenters. The van der Waals surface area contributed by atoms with Crippen LogP contribution in [-0.4, -0.2) is 35.6 Å². The standard InChI is InChI=1S/C16H19N3O3/c1-2-21-16(20)12-11-17-14(13-7-6-10-22-13)18-15(12)19-8-4-3-5-9-19/h6-7,10-11H,2-5,8-9H2,1H3. The van der Waals surface area contributed by atoms with E-state index in [0.717, 1.165) is 25.9 Å². The second kappa shape index (κ2) is 6.60. The van der Waals surface area contributed by atoms with Crippen molar-refractivity contribution in [3.63, 3.8) is 0 Å². The van der Waals surface area contributed by atoms with Gasteiger partial charge in [0.2, 0.25) is 0 Å². The summed E-state index contributed by atoms with van der Waals surface area (Å²) < 4.78 is 10.5. The number of anilines is 1. The monoisotopic (exact) mass is 301 g/mol. The molecule has 2 aromatic rings. The average molecular weight is 301 g/mol. The van der Waals surface area contributed by atoms with Crippen molar-refractivity contribution >= 4 is 11.8 Å². The number of nitrogens with zero attached hydrogens (tertiary/aromatic N) is 3. The first kappa shape index (κ1) is 14.6. The number of hydrogen-bond acceptors (Lipinski definition) is 6. The first-order chi connectivity index (χ1) is 10.8. The zero-order valence-electron chi connectivity index (χ0n) is 12.6. The molecule has 3 rings (SSSR count). The van der Waals surface area contributed by atoms with Gasteiger partial charge in [-0.25, -0.2) is 14.8 Å². The second-order valence-corrected chi connectivity index (χ2v) is 5.18. The van der Waals surface area contributed by atoms with Gasteiger partial charge < -0.3 is 14.1 Å². The van der Waals surface area contributed by atoms with Gasteiger partial charge in [0.05, 0.1) is 12.9 Å². The topological polar surface area (TPSA) is 68.5 Å². The molecule has 0 amide bonds. The van der Waals surface area contributed by atoms with Crippen LogP contribution in [0.4, 0.5) is 5.82 Å². The van der Waals surface area contributed by atoms with Crippen LogP contribution in [0.15, 0.2) is 29.0 Å². The minimum Gasteiger partial charge on any atom is -0.462 e. The van der Waals surface area contributed by atoms with E-state index in [1.54, 1.807) is 25.3 Å². The zero-order valence-corrected chi connectivity index (χ0v) is 12.6. The molecule has 1 aliphatic heterocycles. The predicted octanol–water partition coefficient (Wildman–Crippen LogP) is 2.90. The first-order valence-electron chi connectivity index (χ1n) is 7.62.